The number of rotatable bonds is 8. The molecular weight excluding hydrogens is 736 g/mol. The fourth-order valence-corrected chi connectivity index (χ4v) is 6.02. The number of halogens is 2. The van der Waals surface area contributed by atoms with E-state index in [1.54, 1.807) is 24.3 Å². The minimum atomic E-state index is -0.793. The summed E-state index contributed by atoms with van der Waals surface area (Å²) in [6, 6.07) is 29.9. The molecule has 12 heteroatoms. The second kappa shape index (κ2) is 13.1. The van der Waals surface area contributed by atoms with Gasteiger partial charge in [-0.2, -0.15) is 0 Å². The third kappa shape index (κ3) is 6.46. The maximum atomic E-state index is 13.3. The molecule has 0 aliphatic heterocycles. The van der Waals surface area contributed by atoms with E-state index in [0.717, 1.165) is 33.7 Å². The van der Waals surface area contributed by atoms with E-state index < -0.39 is 21.8 Å². The quantitative estimate of drug-likeness (QED) is 0.0648. The summed E-state index contributed by atoms with van der Waals surface area (Å²) in [6.45, 7) is 0. The molecule has 0 spiro atoms. The molecule has 0 aliphatic rings. The monoisotopic (exact) mass is 754 g/mol. The molecule has 6 rings (SSSR count). The summed E-state index contributed by atoms with van der Waals surface area (Å²) in [7, 11) is 0. The molecule has 0 aromatic heterocycles. The van der Waals surface area contributed by atoms with Gasteiger partial charge < -0.3 is 9.47 Å². The molecule has 47 heavy (non-hydrogen) atoms. The Morgan fingerprint density at radius 2 is 0.979 bits per heavy atom. The highest BCUT2D eigenvalue weighted by molar-refractivity contribution is 9.11. The van der Waals surface area contributed by atoms with Crippen LogP contribution in [0.2, 0.25) is 0 Å². The highest BCUT2D eigenvalue weighted by Gasteiger charge is 2.23. The van der Waals surface area contributed by atoms with Crippen molar-refractivity contribution in [1.82, 2.24) is 0 Å². The highest BCUT2D eigenvalue weighted by atomic mass is 79.9. The van der Waals surface area contributed by atoms with Crippen molar-refractivity contribution in [3.63, 3.8) is 0 Å². The molecule has 0 bridgehead atoms. The Morgan fingerprint density at radius 1 is 0.574 bits per heavy atom. The summed E-state index contributed by atoms with van der Waals surface area (Å²) >= 11 is 6.26. The molecule has 0 saturated carbocycles. The summed E-state index contributed by atoms with van der Waals surface area (Å²) in [5, 5.41) is 26.2. The van der Waals surface area contributed by atoms with E-state index in [1.807, 2.05) is 48.5 Å². The predicted octanol–water partition coefficient (Wildman–Crippen LogP) is 9.36. The Balaban J connectivity index is 1.44. The van der Waals surface area contributed by atoms with Gasteiger partial charge in [0.2, 0.25) is 0 Å². The predicted molar refractivity (Wildman–Crippen MR) is 182 cm³/mol. The van der Waals surface area contributed by atoms with Crippen LogP contribution in [0.4, 0.5) is 11.4 Å². The van der Waals surface area contributed by atoms with Crippen LogP contribution in [-0.4, -0.2) is 21.8 Å². The fourth-order valence-electron chi connectivity index (χ4n) is 5.24. The zero-order valence-corrected chi connectivity index (χ0v) is 27.2. The number of hydrogen-bond acceptors (Lipinski definition) is 8. The van der Waals surface area contributed by atoms with Crippen LogP contribution < -0.4 is 9.47 Å². The molecule has 0 N–H and O–H groups in total. The third-order valence-electron chi connectivity index (χ3n) is 7.51. The fraction of sp³-hybridized carbons (Fsp3) is 0.0286. The number of ether oxygens (including phenoxy) is 2. The first-order chi connectivity index (χ1) is 22.6. The Kier molecular flexibility index (Phi) is 8.79. The van der Waals surface area contributed by atoms with Crippen LogP contribution in [0.3, 0.4) is 0 Å². The molecule has 0 aliphatic carbocycles. The van der Waals surface area contributed by atoms with Gasteiger partial charge >= 0.3 is 11.9 Å². The molecule has 6 aromatic carbocycles. The second-order valence-corrected chi connectivity index (χ2v) is 12.0. The molecule has 0 atom stereocenters. The van der Waals surface area contributed by atoms with Gasteiger partial charge in [0.15, 0.2) is 0 Å². The topological polar surface area (TPSA) is 139 Å². The molecule has 6 aromatic rings. The standard InChI is InChI=1S/C35H20Br2N2O8/c36-28-13-9-22(17-30(28)38(42)43)34(40)46-32-15-11-20-5-1-3-7-24(20)26(32)19-27-25-8-4-2-6-21(25)12-16-33(27)47-35(41)23-10-14-29(37)31(18-23)39(44)45/h1-18H,19H2. The molecule has 0 saturated heterocycles. The van der Waals surface area contributed by atoms with Crippen LogP contribution in [-0.2, 0) is 6.42 Å². The van der Waals surface area contributed by atoms with Crippen molar-refractivity contribution in [3.05, 3.63) is 161 Å². The summed E-state index contributed by atoms with van der Waals surface area (Å²) < 4.78 is 12.2. The van der Waals surface area contributed by atoms with Crippen molar-refractivity contribution in [1.29, 1.82) is 0 Å². The SMILES string of the molecule is O=C(Oc1ccc2ccccc2c1Cc1c(OC(=O)c2ccc(Br)c([N+](=O)[O-])c2)ccc2ccccc12)c1ccc(Br)c([N+](=O)[O-])c1. The molecule has 0 unspecified atom stereocenters. The Labute approximate surface area is 283 Å². The average molecular weight is 756 g/mol. The minimum Gasteiger partial charge on any atom is -0.423 e. The Hall–Kier alpha value is -5.46. The van der Waals surface area contributed by atoms with E-state index in [-0.39, 0.29) is 49.4 Å². The largest absolute Gasteiger partial charge is 0.423 e. The van der Waals surface area contributed by atoms with Crippen LogP contribution in [0, 0.1) is 20.2 Å². The minimum absolute atomic E-state index is 0.0117. The normalized spacial score (nSPS) is 10.9. The first kappa shape index (κ1) is 31.5. The van der Waals surface area contributed by atoms with Crippen molar-refractivity contribution >= 4 is 76.7 Å². The summed E-state index contributed by atoms with van der Waals surface area (Å²) in [5.74, 6) is -1.15. The van der Waals surface area contributed by atoms with E-state index in [9.17, 15) is 29.8 Å². The number of carbonyl (C=O) groups excluding carboxylic acids is 2. The molecule has 0 radical (unpaired) electrons. The Morgan fingerprint density at radius 3 is 1.38 bits per heavy atom. The number of hydrogen-bond donors (Lipinski definition) is 0. The smallest absolute Gasteiger partial charge is 0.343 e. The van der Waals surface area contributed by atoms with Gasteiger partial charge in [0, 0.05) is 29.7 Å². The van der Waals surface area contributed by atoms with Gasteiger partial charge in [-0.3, -0.25) is 20.2 Å². The Bertz CT molecular complexity index is 2110. The number of benzene rings is 6. The number of fused-ring (bicyclic) bond motifs is 2. The lowest BCUT2D eigenvalue weighted by molar-refractivity contribution is -0.385. The van der Waals surface area contributed by atoms with Crippen molar-refractivity contribution in [3.8, 4) is 11.5 Å². The lowest BCUT2D eigenvalue weighted by atomic mass is 9.93. The van der Waals surface area contributed by atoms with Crippen LogP contribution in [0.5, 0.6) is 11.5 Å². The first-order valence-electron chi connectivity index (χ1n) is 13.9. The maximum Gasteiger partial charge on any atom is 0.343 e. The van der Waals surface area contributed by atoms with E-state index in [2.05, 4.69) is 31.9 Å². The van der Waals surface area contributed by atoms with Crippen molar-refractivity contribution in [2.24, 2.45) is 0 Å². The zero-order valence-electron chi connectivity index (χ0n) is 24.0. The van der Waals surface area contributed by atoms with Gasteiger partial charge in [0.25, 0.3) is 11.4 Å². The second-order valence-electron chi connectivity index (χ2n) is 10.3. The molecular formula is C35H20Br2N2O8. The van der Waals surface area contributed by atoms with E-state index in [0.29, 0.717) is 11.1 Å². The van der Waals surface area contributed by atoms with Gasteiger partial charge in [-0.05, 0) is 89.8 Å². The number of nitrogens with zero attached hydrogens (tertiary/aromatic N) is 2. The lowest BCUT2D eigenvalue weighted by Crippen LogP contribution is -2.12. The van der Waals surface area contributed by atoms with Crippen molar-refractivity contribution in [2.45, 2.75) is 6.42 Å². The summed E-state index contributed by atoms with van der Waals surface area (Å²) in [4.78, 5) is 48.4. The van der Waals surface area contributed by atoms with Gasteiger partial charge in [-0.25, -0.2) is 9.59 Å². The van der Waals surface area contributed by atoms with Gasteiger partial charge in [-0.15, -0.1) is 0 Å². The average Bonchev–Trinajstić information content (AvgIpc) is 3.06. The molecule has 10 nitrogen and oxygen atoms in total. The molecule has 232 valence electrons. The summed E-state index contributed by atoms with van der Waals surface area (Å²) in [5.41, 5.74) is 0.629. The van der Waals surface area contributed by atoms with Crippen molar-refractivity contribution in [2.75, 3.05) is 0 Å². The van der Waals surface area contributed by atoms with E-state index in [1.165, 1.54) is 24.3 Å². The molecule has 0 fully saturated rings. The van der Waals surface area contributed by atoms with Crippen LogP contribution in [0.1, 0.15) is 31.8 Å². The number of nitro groups is 2. The summed E-state index contributed by atoms with van der Waals surface area (Å²) in [6.07, 6.45) is 0.148. The molecule has 0 heterocycles. The van der Waals surface area contributed by atoms with Crippen LogP contribution in [0.15, 0.2) is 118 Å². The van der Waals surface area contributed by atoms with Gasteiger partial charge in [0.1, 0.15) is 11.5 Å². The zero-order chi connectivity index (χ0) is 33.2. The number of nitro benzene ring substituents is 2. The third-order valence-corrected chi connectivity index (χ3v) is 8.85. The maximum absolute atomic E-state index is 13.3. The number of carbonyl (C=O) groups is 2. The van der Waals surface area contributed by atoms with Gasteiger partial charge in [-0.1, -0.05) is 60.7 Å². The lowest BCUT2D eigenvalue weighted by Gasteiger charge is -2.17. The highest BCUT2D eigenvalue weighted by Crippen LogP contribution is 2.37. The van der Waals surface area contributed by atoms with E-state index >= 15 is 0 Å². The van der Waals surface area contributed by atoms with Gasteiger partial charge in [0.05, 0.1) is 29.9 Å². The van der Waals surface area contributed by atoms with Crippen molar-refractivity contribution < 1.29 is 28.9 Å². The molecule has 0 amide bonds. The first-order valence-corrected chi connectivity index (χ1v) is 15.5. The van der Waals surface area contributed by atoms with E-state index in [4.69, 9.17) is 9.47 Å². The number of esters is 2. The van der Waals surface area contributed by atoms with Crippen LogP contribution in [0.25, 0.3) is 21.5 Å². The van der Waals surface area contributed by atoms with Crippen LogP contribution >= 0.6 is 31.9 Å².